The van der Waals surface area contributed by atoms with Gasteiger partial charge in [-0.05, 0) is 72.6 Å². The van der Waals surface area contributed by atoms with E-state index < -0.39 is 0 Å². The zero-order valence-corrected chi connectivity index (χ0v) is 25.4. The maximum atomic E-state index is 15.5. The summed E-state index contributed by atoms with van der Waals surface area (Å²) in [5.41, 5.74) is 6.78. The van der Waals surface area contributed by atoms with E-state index in [1.54, 1.807) is 29.8 Å². The van der Waals surface area contributed by atoms with Gasteiger partial charge in [-0.2, -0.15) is 0 Å². The van der Waals surface area contributed by atoms with Gasteiger partial charge in [-0.25, -0.2) is 9.37 Å². The molecule has 202 valence electrons. The molecule has 0 saturated carbocycles. The Hall–Kier alpha value is -3.82. The van der Waals surface area contributed by atoms with Crippen molar-refractivity contribution in [1.82, 2.24) is 19.3 Å². The summed E-state index contributed by atoms with van der Waals surface area (Å²) in [5, 5.41) is 2.10. The van der Waals surface area contributed by atoms with Gasteiger partial charge in [0.1, 0.15) is 11.5 Å². The molecule has 1 amide bonds. The maximum Gasteiger partial charge on any atom is 0.255 e. The van der Waals surface area contributed by atoms with Crippen molar-refractivity contribution in [3.05, 3.63) is 94.5 Å². The molecule has 1 fully saturated rings. The number of carbonyl (C=O) groups is 1. The lowest BCUT2D eigenvalue weighted by Gasteiger charge is -2.33. The van der Waals surface area contributed by atoms with E-state index in [-0.39, 0.29) is 17.8 Å². The number of fused-ring (bicyclic) bond motifs is 2. The molecular formula is C31H30FN5OSSi. The van der Waals surface area contributed by atoms with Crippen molar-refractivity contribution in [3.8, 4) is 22.4 Å². The smallest absolute Gasteiger partial charge is 0.255 e. The predicted octanol–water partition coefficient (Wildman–Crippen LogP) is 5.39. The number of nitrogens with zero attached hydrogens (tertiary/aromatic N) is 5. The second-order valence-electron chi connectivity index (χ2n) is 11.0. The average Bonchev–Trinajstić information content (AvgIpc) is 3.72. The molecule has 0 unspecified atom stereocenters. The van der Waals surface area contributed by atoms with E-state index in [9.17, 15) is 4.79 Å². The molecule has 6 nitrogen and oxygen atoms in total. The summed E-state index contributed by atoms with van der Waals surface area (Å²) in [7, 11) is 1.17. The van der Waals surface area contributed by atoms with Crippen molar-refractivity contribution in [2.24, 2.45) is 0 Å². The Balaban J connectivity index is 1.30. The van der Waals surface area contributed by atoms with Crippen LogP contribution in [-0.2, 0) is 6.42 Å². The second-order valence-corrected chi connectivity index (χ2v) is 13.6. The van der Waals surface area contributed by atoms with Crippen molar-refractivity contribution >= 4 is 38.8 Å². The third-order valence-electron chi connectivity index (χ3n) is 8.33. The first-order valence-corrected chi connectivity index (χ1v) is 15.8. The summed E-state index contributed by atoms with van der Waals surface area (Å²) in [6.07, 6.45) is 9.19. The Morgan fingerprint density at radius 3 is 2.80 bits per heavy atom. The van der Waals surface area contributed by atoms with E-state index in [0.717, 1.165) is 41.9 Å². The number of anilines is 1. The number of hydrogen-bond acceptors (Lipinski definition) is 5. The van der Waals surface area contributed by atoms with Crippen molar-refractivity contribution in [3.63, 3.8) is 0 Å². The molecule has 0 bridgehead atoms. The minimum atomic E-state index is -0.286. The molecule has 0 N–H and O–H groups in total. The summed E-state index contributed by atoms with van der Waals surface area (Å²) < 4.78 is 17.3. The first-order chi connectivity index (χ1) is 19.5. The third-order valence-corrected chi connectivity index (χ3v) is 10.3. The highest BCUT2D eigenvalue weighted by molar-refractivity contribution is 7.10. The van der Waals surface area contributed by atoms with Crippen molar-refractivity contribution < 1.29 is 9.18 Å². The van der Waals surface area contributed by atoms with Gasteiger partial charge in [0.05, 0.1) is 17.3 Å². The van der Waals surface area contributed by atoms with Crippen LogP contribution in [0.15, 0.2) is 72.6 Å². The molecule has 9 heteroatoms. The summed E-state index contributed by atoms with van der Waals surface area (Å²) >= 11 is 1.76. The lowest BCUT2D eigenvalue weighted by atomic mass is 10.00. The molecule has 0 aliphatic carbocycles. The largest absolute Gasteiger partial charge is 0.371 e. The average molecular weight is 568 g/mol. The molecule has 1 saturated heterocycles. The summed E-state index contributed by atoms with van der Waals surface area (Å²) in [5.74, 6) is -0.310. The van der Waals surface area contributed by atoms with Crippen molar-refractivity contribution in [2.45, 2.75) is 31.3 Å². The van der Waals surface area contributed by atoms with Crippen LogP contribution >= 0.6 is 11.3 Å². The Bertz CT molecular complexity index is 1730. The van der Waals surface area contributed by atoms with Crippen LogP contribution in [0.4, 0.5) is 10.1 Å². The number of benzene rings is 1. The number of pyridine rings is 2. The maximum absolute atomic E-state index is 15.5. The molecule has 5 aromatic rings. The monoisotopic (exact) mass is 567 g/mol. The zero-order chi connectivity index (χ0) is 27.4. The molecule has 4 aromatic heterocycles. The summed E-state index contributed by atoms with van der Waals surface area (Å²) in [6.45, 7) is 4.76. The number of halogens is 1. The molecule has 6 heterocycles. The van der Waals surface area contributed by atoms with Crippen LogP contribution in [0, 0.1) is 5.82 Å². The first kappa shape index (κ1) is 25.2. The Morgan fingerprint density at radius 2 is 2.02 bits per heavy atom. The molecule has 2 aliphatic heterocycles. The molecule has 2 aliphatic rings. The molecule has 7 rings (SSSR count). The number of imidazole rings is 1. The minimum Gasteiger partial charge on any atom is -0.371 e. The summed E-state index contributed by atoms with van der Waals surface area (Å²) in [6, 6.07) is 13.3. The number of thiophene rings is 1. The standard InChI is InChI=1S/C31H30FN5OSSi/c1-19-24-8-12-39-29(24)7-11-37(19)31(38)21-13-26(20-3-2-9-33-15-20)30-34-28(18-36(30)16-21)25-5-4-22(14-27(25)32)35-10-6-23(40)17-35/h2-5,8-9,12-16,18-19,23H,6-7,10-11,17H2,1,40H3/t19-,23-/m1/s1. The lowest BCUT2D eigenvalue weighted by molar-refractivity contribution is 0.0679. The van der Waals surface area contributed by atoms with E-state index >= 15 is 4.39 Å². The van der Waals surface area contributed by atoms with Crippen LogP contribution in [0.3, 0.4) is 0 Å². The van der Waals surface area contributed by atoms with Gasteiger partial charge in [-0.3, -0.25) is 9.78 Å². The number of aromatic nitrogens is 3. The van der Waals surface area contributed by atoms with E-state index in [2.05, 4.69) is 28.3 Å². The van der Waals surface area contributed by atoms with Crippen LogP contribution in [-0.4, -0.2) is 55.1 Å². The van der Waals surface area contributed by atoms with Gasteiger partial charge < -0.3 is 14.2 Å². The van der Waals surface area contributed by atoms with Crippen LogP contribution < -0.4 is 4.90 Å². The molecule has 1 aromatic carbocycles. The predicted molar refractivity (Wildman–Crippen MR) is 162 cm³/mol. The second kappa shape index (κ2) is 9.98. The highest BCUT2D eigenvalue weighted by Crippen LogP contribution is 2.36. The van der Waals surface area contributed by atoms with Gasteiger partial charge >= 0.3 is 0 Å². The van der Waals surface area contributed by atoms with Crippen LogP contribution in [0.2, 0.25) is 5.54 Å². The number of hydrogen-bond donors (Lipinski definition) is 0. The number of rotatable bonds is 4. The SMILES string of the molecule is C[C@@H]1c2ccsc2CCN1C(=O)c1cc(-c2cccnc2)c2nc(-c3ccc(N4CC[C@@H]([SiH3])C4)cc3F)cn2c1. The van der Waals surface area contributed by atoms with E-state index in [0.29, 0.717) is 29.0 Å². The molecule has 0 radical (unpaired) electrons. The Morgan fingerprint density at radius 1 is 1.12 bits per heavy atom. The number of amides is 1. The molecular weight excluding hydrogens is 538 g/mol. The van der Waals surface area contributed by atoms with E-state index in [1.807, 2.05) is 52.0 Å². The fraction of sp³-hybridized carbons (Fsp3) is 0.258. The fourth-order valence-corrected chi connectivity index (χ4v) is 7.77. The van der Waals surface area contributed by atoms with Crippen LogP contribution in [0.5, 0.6) is 0 Å². The molecule has 40 heavy (non-hydrogen) atoms. The zero-order valence-electron chi connectivity index (χ0n) is 22.5. The third kappa shape index (κ3) is 4.33. The molecule has 0 spiro atoms. The van der Waals surface area contributed by atoms with Gasteiger partial charge in [-0.15, -0.1) is 11.3 Å². The van der Waals surface area contributed by atoms with Crippen LogP contribution in [0.25, 0.3) is 28.0 Å². The van der Waals surface area contributed by atoms with E-state index in [4.69, 9.17) is 4.98 Å². The topological polar surface area (TPSA) is 53.7 Å². The van der Waals surface area contributed by atoms with Gasteiger partial charge in [0, 0.05) is 81.9 Å². The highest BCUT2D eigenvalue weighted by Gasteiger charge is 2.30. The van der Waals surface area contributed by atoms with E-state index in [1.165, 1.54) is 27.1 Å². The van der Waals surface area contributed by atoms with Crippen molar-refractivity contribution in [2.75, 3.05) is 24.5 Å². The van der Waals surface area contributed by atoms with Gasteiger partial charge in [0.2, 0.25) is 0 Å². The normalized spacial score (nSPS) is 18.9. The lowest BCUT2D eigenvalue weighted by Crippen LogP contribution is -2.38. The first-order valence-electron chi connectivity index (χ1n) is 13.8. The quantitative estimate of drug-likeness (QED) is 0.274. The van der Waals surface area contributed by atoms with Gasteiger partial charge in [-0.1, -0.05) is 6.07 Å². The van der Waals surface area contributed by atoms with Gasteiger partial charge in [0.15, 0.2) is 0 Å². The van der Waals surface area contributed by atoms with Crippen LogP contribution in [0.1, 0.15) is 40.2 Å². The minimum absolute atomic E-state index is 0.00642. The summed E-state index contributed by atoms with van der Waals surface area (Å²) in [4.78, 5) is 28.7. The molecule has 2 atom stereocenters. The number of carbonyl (C=O) groups excluding carboxylic acids is 1. The van der Waals surface area contributed by atoms with Gasteiger partial charge in [0.25, 0.3) is 5.91 Å². The highest BCUT2D eigenvalue weighted by atomic mass is 32.1. The van der Waals surface area contributed by atoms with Crippen molar-refractivity contribution in [1.29, 1.82) is 0 Å². The Kier molecular flexibility index (Phi) is 6.28. The Labute approximate surface area is 239 Å². The fourth-order valence-electron chi connectivity index (χ4n) is 6.11.